The lowest BCUT2D eigenvalue weighted by Gasteiger charge is -2.37. The number of aromatic nitrogens is 2. The van der Waals surface area contributed by atoms with Gasteiger partial charge in [-0.3, -0.25) is 15.0 Å². The van der Waals surface area contributed by atoms with Crippen LogP contribution in [0.2, 0.25) is 0 Å². The lowest BCUT2D eigenvalue weighted by Crippen LogP contribution is -2.46. The highest BCUT2D eigenvalue weighted by Crippen LogP contribution is 2.33. The normalized spacial score (nSPS) is 14.6. The van der Waals surface area contributed by atoms with Crippen LogP contribution < -0.4 is 20.9 Å². The van der Waals surface area contributed by atoms with E-state index < -0.39 is 17.8 Å². The number of anilines is 2. The Morgan fingerprint density at radius 1 is 1.15 bits per heavy atom. The van der Waals surface area contributed by atoms with Crippen LogP contribution in [-0.4, -0.2) is 66.6 Å². The van der Waals surface area contributed by atoms with Crippen LogP contribution >= 0.6 is 0 Å². The third-order valence-electron chi connectivity index (χ3n) is 5.50. The lowest BCUT2D eigenvalue weighted by atomic mass is 10.1. The molecule has 1 aliphatic heterocycles. The summed E-state index contributed by atoms with van der Waals surface area (Å²) in [5.74, 6) is -0.205. The number of carbonyl (C=O) groups is 2. The summed E-state index contributed by atoms with van der Waals surface area (Å²) in [6, 6.07) is 4.24. The number of alkyl halides is 3. The van der Waals surface area contributed by atoms with Crippen LogP contribution in [0.3, 0.4) is 0 Å². The molecular formula is C22H28F3N7O2. The summed E-state index contributed by atoms with van der Waals surface area (Å²) in [4.78, 5) is 35.7. The molecule has 1 fully saturated rings. The molecule has 0 saturated carbocycles. The molecule has 3 heterocycles. The summed E-state index contributed by atoms with van der Waals surface area (Å²) in [5.41, 5.74) is 1.17. The Labute approximate surface area is 195 Å². The van der Waals surface area contributed by atoms with Crippen LogP contribution in [-0.2, 0) is 12.7 Å². The first-order chi connectivity index (χ1) is 16.1. The van der Waals surface area contributed by atoms with Gasteiger partial charge in [-0.2, -0.15) is 13.2 Å². The molecule has 2 aromatic rings. The molecule has 0 unspecified atom stereocenters. The maximum absolute atomic E-state index is 13.6. The van der Waals surface area contributed by atoms with Crippen LogP contribution in [0, 0.1) is 6.92 Å². The second-order valence-corrected chi connectivity index (χ2v) is 7.85. The molecule has 0 spiro atoms. The van der Waals surface area contributed by atoms with Gasteiger partial charge in [-0.25, -0.2) is 14.8 Å². The van der Waals surface area contributed by atoms with Gasteiger partial charge >= 0.3 is 12.2 Å². The zero-order valence-electron chi connectivity index (χ0n) is 19.3. The summed E-state index contributed by atoms with van der Waals surface area (Å²) < 4.78 is 40.7. The molecule has 1 aliphatic rings. The van der Waals surface area contributed by atoms with Crippen molar-refractivity contribution in [2.75, 3.05) is 50.0 Å². The van der Waals surface area contributed by atoms with Gasteiger partial charge in [0.15, 0.2) is 0 Å². The summed E-state index contributed by atoms with van der Waals surface area (Å²) >= 11 is 0. The third kappa shape index (κ3) is 6.13. The first-order valence-electron chi connectivity index (χ1n) is 10.9. The number of amides is 3. The van der Waals surface area contributed by atoms with Crippen molar-refractivity contribution < 1.29 is 22.8 Å². The highest BCUT2D eigenvalue weighted by atomic mass is 19.4. The maximum atomic E-state index is 13.6. The molecule has 0 radical (unpaired) electrons. The number of piperazine rings is 1. The fraction of sp³-hybridized carbons (Fsp3) is 0.455. The monoisotopic (exact) mass is 479 g/mol. The van der Waals surface area contributed by atoms with Crippen molar-refractivity contribution in [2.45, 2.75) is 26.6 Å². The van der Waals surface area contributed by atoms with Crippen LogP contribution in [0.15, 0.2) is 24.4 Å². The van der Waals surface area contributed by atoms with Gasteiger partial charge in [0, 0.05) is 52.5 Å². The molecule has 9 nitrogen and oxygen atoms in total. The predicted molar refractivity (Wildman–Crippen MR) is 122 cm³/mol. The predicted octanol–water partition coefficient (Wildman–Crippen LogP) is 2.63. The number of carbonyl (C=O) groups excluding carboxylic acids is 2. The van der Waals surface area contributed by atoms with Gasteiger partial charge in [-0.1, -0.05) is 0 Å². The molecule has 0 bridgehead atoms. The molecule has 0 aliphatic carbocycles. The van der Waals surface area contributed by atoms with E-state index in [1.54, 1.807) is 20.0 Å². The molecule has 3 amide bonds. The Balaban J connectivity index is 1.70. The van der Waals surface area contributed by atoms with E-state index in [0.717, 1.165) is 11.9 Å². The standard InChI is InChI=1S/C22H28F3N7O2/c1-4-27-21(34)30-19-11-15(16(12-28-19)22(23,24)25)13-31-7-9-32(10-8-31)18-6-5-17(20(33)26-3)29-14(18)2/h5-6,11-12H,4,7-10,13H2,1-3H3,(H,26,33)(H2,27,28,30,34). The molecule has 1 saturated heterocycles. The number of hydrogen-bond donors (Lipinski definition) is 3. The van der Waals surface area contributed by atoms with Crippen molar-refractivity contribution >= 4 is 23.4 Å². The van der Waals surface area contributed by atoms with E-state index in [0.29, 0.717) is 44.1 Å². The van der Waals surface area contributed by atoms with Gasteiger partial charge in [0.05, 0.1) is 16.9 Å². The quantitative estimate of drug-likeness (QED) is 0.589. The molecule has 0 aromatic carbocycles. The topological polar surface area (TPSA) is 102 Å². The lowest BCUT2D eigenvalue weighted by molar-refractivity contribution is -0.138. The van der Waals surface area contributed by atoms with E-state index in [9.17, 15) is 22.8 Å². The minimum atomic E-state index is -4.55. The van der Waals surface area contributed by atoms with Gasteiger partial charge in [0.25, 0.3) is 5.91 Å². The smallest absolute Gasteiger partial charge is 0.368 e. The SMILES string of the molecule is CCNC(=O)Nc1cc(CN2CCN(c3ccc(C(=O)NC)nc3C)CC2)c(C(F)(F)F)cn1. The number of nitrogens with one attached hydrogen (secondary N) is 3. The van der Waals surface area contributed by atoms with E-state index >= 15 is 0 Å². The Morgan fingerprint density at radius 3 is 2.44 bits per heavy atom. The van der Waals surface area contributed by atoms with Crippen molar-refractivity contribution in [3.63, 3.8) is 0 Å². The summed E-state index contributed by atoms with van der Waals surface area (Å²) in [7, 11) is 1.54. The average molecular weight is 480 g/mol. The van der Waals surface area contributed by atoms with Crippen molar-refractivity contribution in [1.82, 2.24) is 25.5 Å². The Morgan fingerprint density at radius 2 is 1.85 bits per heavy atom. The molecule has 184 valence electrons. The highest BCUT2D eigenvalue weighted by molar-refractivity contribution is 5.92. The second-order valence-electron chi connectivity index (χ2n) is 7.85. The Hall–Kier alpha value is -3.41. The number of nitrogens with zero attached hydrogens (tertiary/aromatic N) is 4. The van der Waals surface area contributed by atoms with Gasteiger partial charge in [-0.15, -0.1) is 0 Å². The van der Waals surface area contributed by atoms with Gasteiger partial charge in [0.2, 0.25) is 0 Å². The number of aryl methyl sites for hydroxylation is 1. The fourth-order valence-electron chi connectivity index (χ4n) is 3.80. The highest BCUT2D eigenvalue weighted by Gasteiger charge is 2.35. The number of halogens is 3. The number of hydrogen-bond acceptors (Lipinski definition) is 6. The third-order valence-corrected chi connectivity index (χ3v) is 5.50. The van der Waals surface area contributed by atoms with Crippen LogP contribution in [0.4, 0.5) is 29.5 Å². The zero-order chi connectivity index (χ0) is 24.9. The molecule has 3 rings (SSSR count). The molecular weight excluding hydrogens is 451 g/mol. The van der Waals surface area contributed by atoms with Crippen molar-refractivity contribution in [2.24, 2.45) is 0 Å². The number of rotatable bonds is 6. The van der Waals surface area contributed by atoms with Gasteiger partial charge in [-0.05, 0) is 37.6 Å². The maximum Gasteiger partial charge on any atom is 0.418 e. The van der Waals surface area contributed by atoms with Crippen LogP contribution in [0.5, 0.6) is 0 Å². The Bertz CT molecular complexity index is 1040. The first-order valence-corrected chi connectivity index (χ1v) is 10.9. The van der Waals surface area contributed by atoms with Crippen molar-refractivity contribution in [3.05, 3.63) is 46.9 Å². The molecule has 12 heteroatoms. The summed E-state index contributed by atoms with van der Waals surface area (Å²) in [6.07, 6.45) is -3.79. The number of pyridine rings is 2. The first kappa shape index (κ1) is 25.2. The second kappa shape index (κ2) is 10.7. The van der Waals surface area contributed by atoms with E-state index in [2.05, 4.69) is 30.8 Å². The van der Waals surface area contributed by atoms with E-state index in [4.69, 9.17) is 0 Å². The van der Waals surface area contributed by atoms with E-state index in [1.807, 2.05) is 17.9 Å². The fourth-order valence-corrected chi connectivity index (χ4v) is 3.80. The van der Waals surface area contributed by atoms with Crippen LogP contribution in [0.25, 0.3) is 0 Å². The van der Waals surface area contributed by atoms with E-state index in [-0.39, 0.29) is 23.8 Å². The molecule has 2 aromatic heterocycles. The zero-order valence-corrected chi connectivity index (χ0v) is 19.3. The summed E-state index contributed by atoms with van der Waals surface area (Å²) in [6.45, 7) is 6.28. The average Bonchev–Trinajstić information content (AvgIpc) is 2.78. The molecule has 3 N–H and O–H groups in total. The number of urea groups is 1. The van der Waals surface area contributed by atoms with E-state index in [1.165, 1.54) is 6.07 Å². The van der Waals surface area contributed by atoms with Crippen molar-refractivity contribution in [3.8, 4) is 0 Å². The van der Waals surface area contributed by atoms with Crippen LogP contribution in [0.1, 0.15) is 34.2 Å². The minimum absolute atomic E-state index is 0.0514. The summed E-state index contributed by atoms with van der Waals surface area (Å²) in [5, 5.41) is 7.52. The Kier molecular flexibility index (Phi) is 7.92. The molecule has 34 heavy (non-hydrogen) atoms. The van der Waals surface area contributed by atoms with Gasteiger partial charge in [0.1, 0.15) is 11.5 Å². The largest absolute Gasteiger partial charge is 0.418 e. The minimum Gasteiger partial charge on any atom is -0.368 e. The van der Waals surface area contributed by atoms with Gasteiger partial charge < -0.3 is 15.5 Å². The molecule has 0 atom stereocenters. The van der Waals surface area contributed by atoms with Crippen molar-refractivity contribution in [1.29, 1.82) is 0 Å².